The van der Waals surface area contributed by atoms with Crippen molar-refractivity contribution in [3.8, 4) is 6.07 Å². The maximum atomic E-state index is 13.3. The van der Waals surface area contributed by atoms with Crippen LogP contribution in [0.15, 0.2) is 18.5 Å². The summed E-state index contributed by atoms with van der Waals surface area (Å²) >= 11 is 0. The molecule has 156 valence electrons. The van der Waals surface area contributed by atoms with Crippen LogP contribution >= 0.6 is 0 Å². The first-order valence-corrected chi connectivity index (χ1v) is 10.8. The maximum absolute atomic E-state index is 13.3. The summed E-state index contributed by atoms with van der Waals surface area (Å²) in [5.41, 5.74) is 2.53. The van der Waals surface area contributed by atoms with Crippen LogP contribution in [-0.2, 0) is 4.74 Å². The molecular weight excluding hydrogens is 380 g/mol. The number of pyridine rings is 1. The minimum atomic E-state index is -0.124. The molecule has 4 heterocycles. The first-order valence-electron chi connectivity index (χ1n) is 10.8. The van der Waals surface area contributed by atoms with E-state index in [1.165, 1.54) is 0 Å². The van der Waals surface area contributed by atoms with Crippen molar-refractivity contribution in [2.45, 2.75) is 57.0 Å². The molecule has 2 aliphatic rings. The van der Waals surface area contributed by atoms with E-state index in [1.807, 2.05) is 12.3 Å². The van der Waals surface area contributed by atoms with E-state index in [0.717, 1.165) is 60.6 Å². The number of nitrogens with zero attached hydrogens (tertiary/aromatic N) is 4. The van der Waals surface area contributed by atoms with Gasteiger partial charge in [0.25, 0.3) is 5.91 Å². The molecule has 0 atom stereocenters. The van der Waals surface area contributed by atoms with Crippen molar-refractivity contribution in [2.24, 2.45) is 5.92 Å². The summed E-state index contributed by atoms with van der Waals surface area (Å²) in [6, 6.07) is 4.63. The molecule has 2 fully saturated rings. The van der Waals surface area contributed by atoms with Crippen LogP contribution in [0.5, 0.6) is 0 Å². The number of ether oxygens (including phenoxy) is 1. The van der Waals surface area contributed by atoms with Gasteiger partial charge in [0.2, 0.25) is 0 Å². The zero-order chi connectivity index (χ0) is 20.5. The Kier molecular flexibility index (Phi) is 5.13. The van der Waals surface area contributed by atoms with Gasteiger partial charge in [-0.15, -0.1) is 0 Å². The first-order chi connectivity index (χ1) is 14.7. The van der Waals surface area contributed by atoms with E-state index in [0.29, 0.717) is 31.4 Å². The molecule has 1 amide bonds. The molecule has 5 rings (SSSR count). The van der Waals surface area contributed by atoms with Gasteiger partial charge >= 0.3 is 0 Å². The zero-order valence-corrected chi connectivity index (χ0v) is 16.9. The van der Waals surface area contributed by atoms with Gasteiger partial charge in [0, 0.05) is 43.3 Å². The Morgan fingerprint density at radius 1 is 1.27 bits per heavy atom. The monoisotopic (exact) mass is 406 g/mol. The zero-order valence-electron chi connectivity index (χ0n) is 16.9. The Balaban J connectivity index is 1.53. The molecule has 8 nitrogen and oxygen atoms in total. The van der Waals surface area contributed by atoms with Gasteiger partial charge < -0.3 is 19.6 Å². The van der Waals surface area contributed by atoms with Crippen LogP contribution in [0.2, 0.25) is 0 Å². The minimum absolute atomic E-state index is 0.122. The smallest absolute Gasteiger partial charge is 0.287 e. The van der Waals surface area contributed by atoms with E-state index in [9.17, 15) is 4.79 Å². The topological polar surface area (TPSA) is 109 Å². The molecule has 30 heavy (non-hydrogen) atoms. The Morgan fingerprint density at radius 2 is 2.07 bits per heavy atom. The molecule has 1 saturated carbocycles. The van der Waals surface area contributed by atoms with Crippen molar-refractivity contribution in [1.29, 1.82) is 5.26 Å². The summed E-state index contributed by atoms with van der Waals surface area (Å²) in [7, 11) is 0. The maximum Gasteiger partial charge on any atom is 0.287 e. The number of rotatable bonds is 4. The summed E-state index contributed by atoms with van der Waals surface area (Å²) in [5.74, 6) is 0.797. The summed E-state index contributed by atoms with van der Waals surface area (Å²) in [5, 5.41) is 13.2. The van der Waals surface area contributed by atoms with Gasteiger partial charge in [-0.05, 0) is 50.5 Å². The predicted octanol–water partition coefficient (Wildman–Crippen LogP) is 3.47. The highest BCUT2D eigenvalue weighted by atomic mass is 16.5. The molecule has 8 heteroatoms. The molecule has 0 spiro atoms. The molecule has 0 aromatic carbocycles. The molecule has 1 saturated heterocycles. The minimum Gasteiger partial charge on any atom is -0.381 e. The third-order valence-corrected chi connectivity index (χ3v) is 6.56. The third kappa shape index (κ3) is 3.43. The molecule has 3 aromatic heterocycles. The average Bonchev–Trinajstić information content (AvgIpc) is 3.39. The number of carbonyl (C=O) groups is 1. The molecule has 2 N–H and O–H groups in total. The fourth-order valence-electron chi connectivity index (χ4n) is 4.94. The van der Waals surface area contributed by atoms with E-state index < -0.39 is 0 Å². The second kappa shape index (κ2) is 8.07. The summed E-state index contributed by atoms with van der Waals surface area (Å²) in [4.78, 5) is 25.6. The van der Waals surface area contributed by atoms with Gasteiger partial charge in [-0.3, -0.25) is 4.79 Å². The largest absolute Gasteiger partial charge is 0.381 e. The number of hydrogen-bond acceptors (Lipinski definition) is 5. The molecule has 0 unspecified atom stereocenters. The lowest BCUT2D eigenvalue weighted by atomic mass is 9.84. The van der Waals surface area contributed by atoms with Crippen LogP contribution in [0.25, 0.3) is 22.1 Å². The number of fused-ring (bicyclic) bond motifs is 3. The van der Waals surface area contributed by atoms with Crippen LogP contribution in [0.3, 0.4) is 0 Å². The van der Waals surface area contributed by atoms with Crippen molar-refractivity contribution >= 4 is 28.0 Å². The number of nitrogens with one attached hydrogen (secondary N) is 2. The highest BCUT2D eigenvalue weighted by Crippen LogP contribution is 2.37. The van der Waals surface area contributed by atoms with Gasteiger partial charge in [-0.2, -0.15) is 5.26 Å². The Labute approximate surface area is 174 Å². The van der Waals surface area contributed by atoms with Crippen molar-refractivity contribution < 1.29 is 9.53 Å². The molecule has 0 radical (unpaired) electrons. The van der Waals surface area contributed by atoms with Crippen LogP contribution in [0.4, 0.5) is 0 Å². The number of imidazole rings is 1. The van der Waals surface area contributed by atoms with Crippen molar-refractivity contribution in [2.75, 3.05) is 13.2 Å². The molecule has 1 aliphatic heterocycles. The summed E-state index contributed by atoms with van der Waals surface area (Å²) in [6.07, 6.45) is 9.79. The van der Waals surface area contributed by atoms with Crippen molar-refractivity contribution in [3.63, 3.8) is 0 Å². The van der Waals surface area contributed by atoms with Crippen molar-refractivity contribution in [1.82, 2.24) is 24.8 Å². The highest BCUT2D eigenvalue weighted by Gasteiger charge is 2.30. The van der Waals surface area contributed by atoms with Crippen LogP contribution < -0.4 is 5.32 Å². The van der Waals surface area contributed by atoms with Crippen LogP contribution in [-0.4, -0.2) is 44.7 Å². The number of hydrogen-bond donors (Lipinski definition) is 2. The lowest BCUT2D eigenvalue weighted by Crippen LogP contribution is -2.40. The SMILES string of the molecule is N#CCC1CCC(n2c(C(=O)NC3CCOCC3)nc3cnc4[nH]ccc4c32)CC1. The number of aromatic amines is 1. The van der Waals surface area contributed by atoms with Gasteiger partial charge in [0.1, 0.15) is 11.2 Å². The molecule has 1 aliphatic carbocycles. The summed E-state index contributed by atoms with van der Waals surface area (Å²) in [6.45, 7) is 1.36. The normalized spacial score (nSPS) is 22.9. The summed E-state index contributed by atoms with van der Waals surface area (Å²) < 4.78 is 7.56. The van der Waals surface area contributed by atoms with E-state index in [1.54, 1.807) is 6.20 Å². The fraction of sp³-hybridized carbons (Fsp3) is 0.545. The number of H-pyrrole nitrogens is 1. The number of amides is 1. The number of nitriles is 1. The third-order valence-electron chi connectivity index (χ3n) is 6.56. The average molecular weight is 406 g/mol. The van der Waals surface area contributed by atoms with E-state index in [4.69, 9.17) is 15.0 Å². The van der Waals surface area contributed by atoms with E-state index >= 15 is 0 Å². The first kappa shape index (κ1) is 19.1. The molecule has 3 aromatic rings. The second-order valence-corrected chi connectivity index (χ2v) is 8.43. The van der Waals surface area contributed by atoms with Gasteiger partial charge in [-0.25, -0.2) is 9.97 Å². The van der Waals surface area contributed by atoms with Gasteiger partial charge in [0.05, 0.1) is 17.8 Å². The predicted molar refractivity (Wildman–Crippen MR) is 112 cm³/mol. The fourth-order valence-corrected chi connectivity index (χ4v) is 4.94. The lowest BCUT2D eigenvalue weighted by molar-refractivity contribution is 0.0688. The quantitative estimate of drug-likeness (QED) is 0.690. The van der Waals surface area contributed by atoms with Crippen LogP contribution in [0.1, 0.15) is 61.6 Å². The Morgan fingerprint density at radius 3 is 2.83 bits per heavy atom. The van der Waals surface area contributed by atoms with Crippen LogP contribution in [0, 0.1) is 17.2 Å². The van der Waals surface area contributed by atoms with Gasteiger partial charge in [0.15, 0.2) is 5.82 Å². The standard InChI is InChI=1S/C22H26N6O2/c23-9-5-14-1-3-16(4-2-14)28-19-17-6-10-24-20(17)25-13-18(19)27-21(28)22(29)26-15-7-11-30-12-8-15/h6,10,13-16H,1-5,7-8,11-12H2,(H,24,25)(H,26,29). The van der Waals surface area contributed by atoms with E-state index in [-0.39, 0.29) is 18.0 Å². The molecular formula is C22H26N6O2. The highest BCUT2D eigenvalue weighted by molar-refractivity contribution is 6.04. The number of aromatic nitrogens is 4. The Bertz CT molecular complexity index is 1100. The van der Waals surface area contributed by atoms with Crippen molar-refractivity contribution in [3.05, 3.63) is 24.3 Å². The molecule has 0 bridgehead atoms. The Hall–Kier alpha value is -2.92. The lowest BCUT2D eigenvalue weighted by Gasteiger charge is -2.30. The van der Waals surface area contributed by atoms with Gasteiger partial charge in [-0.1, -0.05) is 0 Å². The number of carbonyl (C=O) groups excluding carboxylic acids is 1. The second-order valence-electron chi connectivity index (χ2n) is 8.43. The van der Waals surface area contributed by atoms with E-state index in [2.05, 4.69) is 25.9 Å².